The smallest absolute Gasteiger partial charge is 0.231 e. The minimum atomic E-state index is -0.166. The Labute approximate surface area is 147 Å². The van der Waals surface area contributed by atoms with Crippen molar-refractivity contribution in [2.24, 2.45) is 13.0 Å². The average Bonchev–Trinajstić information content (AvgIpc) is 3.26. The summed E-state index contributed by atoms with van der Waals surface area (Å²) in [7, 11) is 3.81. The number of nitrogens with one attached hydrogen (secondary N) is 1. The van der Waals surface area contributed by atoms with Crippen LogP contribution in [-0.4, -0.2) is 57.4 Å². The van der Waals surface area contributed by atoms with Gasteiger partial charge in [-0.05, 0) is 32.8 Å². The van der Waals surface area contributed by atoms with Gasteiger partial charge in [-0.25, -0.2) is 0 Å². The molecule has 2 aromatic rings. The van der Waals surface area contributed by atoms with E-state index in [1.54, 1.807) is 11.8 Å². The quantitative estimate of drug-likeness (QED) is 0.859. The van der Waals surface area contributed by atoms with Crippen LogP contribution >= 0.6 is 0 Å². The van der Waals surface area contributed by atoms with Crippen molar-refractivity contribution in [3.8, 4) is 0 Å². The molecule has 0 bridgehead atoms. The molecule has 1 amide bonds. The Morgan fingerprint density at radius 2 is 2.12 bits per heavy atom. The van der Waals surface area contributed by atoms with Crippen LogP contribution in [0.5, 0.6) is 0 Å². The number of aryl methyl sites for hydroxylation is 3. The standard InChI is InChI=1S/C17H26N6O2/c1-10-13(11(2)23(5)20-10)6-7-22(4)17(24)15-9-18-8-14(15)16-19-12(3)21-25-16/h14-15,18H,6-9H2,1-5H3/t14-,15-/m1/s1. The molecule has 1 N–H and O–H groups in total. The van der Waals surface area contributed by atoms with Crippen LogP contribution in [0, 0.1) is 26.7 Å². The second-order valence-corrected chi connectivity index (χ2v) is 6.83. The van der Waals surface area contributed by atoms with Gasteiger partial charge in [-0.1, -0.05) is 5.16 Å². The van der Waals surface area contributed by atoms with E-state index in [1.165, 1.54) is 5.56 Å². The molecule has 0 radical (unpaired) electrons. The molecule has 0 aromatic carbocycles. The molecule has 1 aliphatic heterocycles. The molecule has 2 aromatic heterocycles. The van der Waals surface area contributed by atoms with E-state index < -0.39 is 0 Å². The van der Waals surface area contributed by atoms with Gasteiger partial charge in [-0.15, -0.1) is 0 Å². The molecule has 3 rings (SSSR count). The molecule has 0 spiro atoms. The van der Waals surface area contributed by atoms with Crippen molar-refractivity contribution >= 4 is 5.91 Å². The third-order valence-electron chi connectivity index (χ3n) is 5.12. The van der Waals surface area contributed by atoms with Crippen molar-refractivity contribution in [2.45, 2.75) is 33.1 Å². The molecule has 8 nitrogen and oxygen atoms in total. The predicted molar refractivity (Wildman–Crippen MR) is 92.2 cm³/mol. The fraction of sp³-hybridized carbons (Fsp3) is 0.647. The van der Waals surface area contributed by atoms with Crippen molar-refractivity contribution in [3.63, 3.8) is 0 Å². The lowest BCUT2D eigenvalue weighted by atomic mass is 9.94. The number of aromatic nitrogens is 4. The van der Waals surface area contributed by atoms with Crippen molar-refractivity contribution in [1.29, 1.82) is 0 Å². The van der Waals surface area contributed by atoms with Crippen molar-refractivity contribution in [3.05, 3.63) is 28.7 Å². The first kappa shape index (κ1) is 17.6. The van der Waals surface area contributed by atoms with Gasteiger partial charge in [0.2, 0.25) is 11.8 Å². The molecular formula is C17H26N6O2. The zero-order valence-electron chi connectivity index (χ0n) is 15.5. The summed E-state index contributed by atoms with van der Waals surface area (Å²) in [5.74, 6) is 1.04. The predicted octanol–water partition coefficient (Wildman–Crippen LogP) is 0.732. The third-order valence-corrected chi connectivity index (χ3v) is 5.12. The van der Waals surface area contributed by atoms with Gasteiger partial charge in [0.25, 0.3) is 0 Å². The molecule has 1 fully saturated rings. The van der Waals surface area contributed by atoms with E-state index in [-0.39, 0.29) is 17.7 Å². The zero-order valence-corrected chi connectivity index (χ0v) is 15.5. The topological polar surface area (TPSA) is 89.1 Å². The summed E-state index contributed by atoms with van der Waals surface area (Å²) in [6, 6.07) is 0. The second-order valence-electron chi connectivity index (χ2n) is 6.83. The van der Waals surface area contributed by atoms with Crippen molar-refractivity contribution < 1.29 is 9.32 Å². The minimum absolute atomic E-state index is 0.0574. The van der Waals surface area contributed by atoms with Crippen LogP contribution in [0.2, 0.25) is 0 Å². The van der Waals surface area contributed by atoms with Gasteiger partial charge in [0.05, 0.1) is 17.5 Å². The van der Waals surface area contributed by atoms with Crippen LogP contribution in [0.25, 0.3) is 0 Å². The Morgan fingerprint density at radius 1 is 1.36 bits per heavy atom. The first-order valence-corrected chi connectivity index (χ1v) is 8.63. The summed E-state index contributed by atoms with van der Waals surface area (Å²) >= 11 is 0. The van der Waals surface area contributed by atoms with E-state index >= 15 is 0 Å². The number of carbonyl (C=O) groups is 1. The van der Waals surface area contributed by atoms with Gasteiger partial charge in [0.1, 0.15) is 0 Å². The molecule has 2 atom stereocenters. The minimum Gasteiger partial charge on any atom is -0.345 e. The summed E-state index contributed by atoms with van der Waals surface area (Å²) in [4.78, 5) is 19.0. The maximum Gasteiger partial charge on any atom is 0.231 e. The lowest BCUT2D eigenvalue weighted by Crippen LogP contribution is -2.37. The van der Waals surface area contributed by atoms with E-state index in [0.29, 0.717) is 31.3 Å². The number of carbonyl (C=O) groups excluding carboxylic acids is 1. The number of rotatable bonds is 5. The Bertz CT molecular complexity index is 765. The number of nitrogens with zero attached hydrogens (tertiary/aromatic N) is 5. The number of amides is 1. The van der Waals surface area contributed by atoms with Gasteiger partial charge in [-0.3, -0.25) is 9.48 Å². The summed E-state index contributed by atoms with van der Waals surface area (Å²) in [6.45, 7) is 7.85. The molecule has 0 unspecified atom stereocenters. The molecule has 136 valence electrons. The zero-order chi connectivity index (χ0) is 18.1. The highest BCUT2D eigenvalue weighted by atomic mass is 16.5. The monoisotopic (exact) mass is 346 g/mol. The summed E-state index contributed by atoms with van der Waals surface area (Å²) in [5.41, 5.74) is 3.40. The molecule has 1 saturated heterocycles. The Balaban J connectivity index is 1.65. The second kappa shape index (κ2) is 6.95. The number of likely N-dealkylation sites (N-methyl/N-ethyl adjacent to an activating group) is 1. The van der Waals surface area contributed by atoms with Crippen LogP contribution in [0.4, 0.5) is 0 Å². The normalized spacial score (nSPS) is 20.2. The average molecular weight is 346 g/mol. The van der Waals surface area contributed by atoms with Gasteiger partial charge in [-0.2, -0.15) is 10.1 Å². The fourth-order valence-electron chi connectivity index (χ4n) is 3.51. The summed E-state index contributed by atoms with van der Waals surface area (Å²) in [5, 5.41) is 11.6. The lowest BCUT2D eigenvalue weighted by Gasteiger charge is -2.23. The summed E-state index contributed by atoms with van der Waals surface area (Å²) < 4.78 is 7.18. The first-order valence-electron chi connectivity index (χ1n) is 8.63. The van der Waals surface area contributed by atoms with Crippen LogP contribution in [0.15, 0.2) is 4.52 Å². The molecule has 25 heavy (non-hydrogen) atoms. The van der Waals surface area contributed by atoms with Crippen molar-refractivity contribution in [1.82, 2.24) is 30.1 Å². The van der Waals surface area contributed by atoms with Crippen molar-refractivity contribution in [2.75, 3.05) is 26.7 Å². The lowest BCUT2D eigenvalue weighted by molar-refractivity contribution is -0.134. The molecular weight excluding hydrogens is 320 g/mol. The first-order chi connectivity index (χ1) is 11.9. The highest BCUT2D eigenvalue weighted by Crippen LogP contribution is 2.28. The Kier molecular flexibility index (Phi) is 4.89. The van der Waals surface area contributed by atoms with E-state index in [4.69, 9.17) is 4.52 Å². The molecule has 1 aliphatic rings. The van der Waals surface area contributed by atoms with E-state index in [1.807, 2.05) is 25.7 Å². The van der Waals surface area contributed by atoms with Gasteiger partial charge < -0.3 is 14.7 Å². The van der Waals surface area contributed by atoms with Crippen LogP contribution in [0.1, 0.15) is 34.6 Å². The highest BCUT2D eigenvalue weighted by molar-refractivity contribution is 5.80. The number of hydrogen-bond acceptors (Lipinski definition) is 6. The van der Waals surface area contributed by atoms with Gasteiger partial charge in [0, 0.05) is 39.4 Å². The van der Waals surface area contributed by atoms with Crippen LogP contribution in [0.3, 0.4) is 0 Å². The van der Waals surface area contributed by atoms with E-state index in [2.05, 4.69) is 27.5 Å². The maximum absolute atomic E-state index is 12.9. The SMILES string of the molecule is Cc1noc([C@@H]2CNC[C@H]2C(=O)N(C)CCc2c(C)nn(C)c2C)n1. The highest BCUT2D eigenvalue weighted by Gasteiger charge is 2.38. The fourth-order valence-corrected chi connectivity index (χ4v) is 3.51. The van der Waals surface area contributed by atoms with E-state index in [9.17, 15) is 4.79 Å². The molecule has 0 saturated carbocycles. The van der Waals surface area contributed by atoms with E-state index in [0.717, 1.165) is 17.8 Å². The Hall–Kier alpha value is -2.22. The van der Waals surface area contributed by atoms with Gasteiger partial charge >= 0.3 is 0 Å². The molecule has 8 heteroatoms. The summed E-state index contributed by atoms with van der Waals surface area (Å²) in [6.07, 6.45) is 0.804. The molecule has 0 aliphatic carbocycles. The Morgan fingerprint density at radius 3 is 2.72 bits per heavy atom. The van der Waals surface area contributed by atoms with Crippen LogP contribution in [-0.2, 0) is 18.3 Å². The third kappa shape index (κ3) is 3.44. The largest absolute Gasteiger partial charge is 0.345 e. The maximum atomic E-state index is 12.9. The molecule has 3 heterocycles. The number of hydrogen-bond donors (Lipinski definition) is 1. The van der Waals surface area contributed by atoms with Crippen LogP contribution < -0.4 is 5.32 Å². The van der Waals surface area contributed by atoms with Gasteiger partial charge in [0.15, 0.2) is 5.82 Å².